The van der Waals surface area contributed by atoms with Crippen molar-refractivity contribution >= 4 is 17.3 Å². The highest BCUT2D eigenvalue weighted by molar-refractivity contribution is 5.99. The molecule has 1 atom stereocenters. The Labute approximate surface area is 164 Å². The largest absolute Gasteiger partial charge is 0.416 e. The molecule has 1 aliphatic rings. The number of aromatic nitrogens is 3. The molecule has 150 valence electrons. The van der Waals surface area contributed by atoms with E-state index in [1.165, 1.54) is 21.5 Å². The highest BCUT2D eigenvalue weighted by atomic mass is 19.4. The van der Waals surface area contributed by atoms with E-state index >= 15 is 0 Å². The normalized spacial score (nSPS) is 17.5. The number of fused-ring (bicyclic) bond motifs is 1. The summed E-state index contributed by atoms with van der Waals surface area (Å²) in [6.07, 6.45) is -0.133. The lowest BCUT2D eigenvalue weighted by atomic mass is 9.89. The molecule has 4 rings (SSSR count). The third kappa shape index (κ3) is 3.85. The van der Waals surface area contributed by atoms with Crippen LogP contribution in [0.3, 0.4) is 0 Å². The first-order valence-electron chi connectivity index (χ1n) is 9.14. The summed E-state index contributed by atoms with van der Waals surface area (Å²) < 4.78 is 40.3. The Balaban J connectivity index is 1.52. The summed E-state index contributed by atoms with van der Waals surface area (Å²) in [5.74, 6) is -1.26. The molecule has 1 unspecified atom stereocenters. The van der Waals surface area contributed by atoms with Crippen LogP contribution in [0.4, 0.5) is 13.2 Å². The molecular weight excluding hydrogens is 385 g/mol. The number of rotatable bonds is 3. The molecule has 0 saturated carbocycles. The van der Waals surface area contributed by atoms with E-state index in [1.807, 2.05) is 0 Å². The Morgan fingerprint density at radius 2 is 1.97 bits per heavy atom. The van der Waals surface area contributed by atoms with Crippen molar-refractivity contribution < 1.29 is 22.8 Å². The highest BCUT2D eigenvalue weighted by Crippen LogP contribution is 2.31. The van der Waals surface area contributed by atoms with E-state index in [1.54, 1.807) is 24.5 Å². The van der Waals surface area contributed by atoms with Crippen LogP contribution < -0.4 is 0 Å². The van der Waals surface area contributed by atoms with Crippen LogP contribution in [0.1, 0.15) is 39.3 Å². The number of hydrogen-bond donors (Lipinski definition) is 0. The zero-order valence-corrected chi connectivity index (χ0v) is 15.3. The topological polar surface area (TPSA) is 67.6 Å². The van der Waals surface area contributed by atoms with Crippen molar-refractivity contribution in [1.29, 1.82) is 0 Å². The van der Waals surface area contributed by atoms with Gasteiger partial charge in [0.1, 0.15) is 0 Å². The minimum absolute atomic E-state index is 0.0102. The summed E-state index contributed by atoms with van der Waals surface area (Å²) in [5.41, 5.74) is -0.0966. The number of carbonyl (C=O) groups excluding carboxylic acids is 2. The molecule has 1 amide bonds. The predicted octanol–water partition coefficient (Wildman–Crippen LogP) is 3.48. The lowest BCUT2D eigenvalue weighted by Crippen LogP contribution is -2.42. The minimum atomic E-state index is -4.51. The van der Waals surface area contributed by atoms with Gasteiger partial charge in [-0.25, -0.2) is 9.50 Å². The lowest BCUT2D eigenvalue weighted by molar-refractivity contribution is -0.137. The van der Waals surface area contributed by atoms with Crippen LogP contribution in [-0.4, -0.2) is 44.3 Å². The molecule has 3 aromatic rings. The number of hydrogen-bond acceptors (Lipinski definition) is 4. The quantitative estimate of drug-likeness (QED) is 0.629. The maximum absolute atomic E-state index is 12.9. The van der Waals surface area contributed by atoms with Gasteiger partial charge < -0.3 is 4.90 Å². The number of carbonyl (C=O) groups is 2. The van der Waals surface area contributed by atoms with E-state index in [0.717, 1.165) is 12.1 Å². The van der Waals surface area contributed by atoms with E-state index in [0.29, 0.717) is 25.0 Å². The summed E-state index contributed by atoms with van der Waals surface area (Å²) in [4.78, 5) is 31.3. The van der Waals surface area contributed by atoms with Gasteiger partial charge in [-0.3, -0.25) is 9.59 Å². The first-order chi connectivity index (χ1) is 13.8. The predicted molar refractivity (Wildman–Crippen MR) is 97.4 cm³/mol. The van der Waals surface area contributed by atoms with Crippen LogP contribution in [0.5, 0.6) is 0 Å². The summed E-state index contributed by atoms with van der Waals surface area (Å²) >= 11 is 0. The van der Waals surface area contributed by atoms with Crippen molar-refractivity contribution in [3.05, 3.63) is 65.6 Å². The Morgan fingerprint density at radius 1 is 1.14 bits per heavy atom. The van der Waals surface area contributed by atoms with Crippen LogP contribution in [-0.2, 0) is 6.18 Å². The van der Waals surface area contributed by atoms with Gasteiger partial charge in [0.15, 0.2) is 17.1 Å². The van der Waals surface area contributed by atoms with Crippen LogP contribution in [0.25, 0.3) is 5.65 Å². The van der Waals surface area contributed by atoms with Crippen molar-refractivity contribution in [2.45, 2.75) is 19.0 Å². The molecule has 0 spiro atoms. The maximum atomic E-state index is 12.9. The van der Waals surface area contributed by atoms with E-state index < -0.39 is 17.7 Å². The minimum Gasteiger partial charge on any atom is -0.337 e. The maximum Gasteiger partial charge on any atom is 0.416 e. The molecular formula is C20H17F3N4O2. The van der Waals surface area contributed by atoms with Crippen molar-refractivity contribution in [2.75, 3.05) is 13.1 Å². The SMILES string of the molecule is O=C(c1cccc(C(F)(F)F)c1)C1CCCN(C(=O)c2cc3ncccn3n2)C1. The second-order valence-corrected chi connectivity index (χ2v) is 6.99. The zero-order chi connectivity index (χ0) is 20.6. The Morgan fingerprint density at radius 3 is 2.72 bits per heavy atom. The number of ketones is 1. The molecule has 1 aliphatic heterocycles. The first kappa shape index (κ1) is 19.1. The van der Waals surface area contributed by atoms with Gasteiger partial charge in [0.05, 0.1) is 5.56 Å². The van der Waals surface area contributed by atoms with Gasteiger partial charge in [0.25, 0.3) is 5.91 Å². The molecule has 3 heterocycles. The third-order valence-electron chi connectivity index (χ3n) is 5.01. The van der Waals surface area contributed by atoms with E-state index in [-0.39, 0.29) is 29.5 Å². The molecule has 2 aromatic heterocycles. The van der Waals surface area contributed by atoms with Crippen molar-refractivity contribution in [2.24, 2.45) is 5.92 Å². The molecule has 0 bridgehead atoms. The molecule has 1 saturated heterocycles. The number of benzene rings is 1. The summed E-state index contributed by atoms with van der Waals surface area (Å²) in [6.45, 7) is 0.613. The summed E-state index contributed by atoms with van der Waals surface area (Å²) in [6, 6.07) is 7.68. The second kappa shape index (κ2) is 7.31. The van der Waals surface area contributed by atoms with Crippen molar-refractivity contribution in [3.63, 3.8) is 0 Å². The number of likely N-dealkylation sites (tertiary alicyclic amines) is 1. The summed E-state index contributed by atoms with van der Waals surface area (Å²) in [5, 5.41) is 4.21. The standard InChI is InChI=1S/C20H17F3N4O2/c21-20(22,23)15-6-1-4-13(10-15)18(28)14-5-2-8-26(12-14)19(29)16-11-17-24-7-3-9-27(17)25-16/h1,3-4,6-7,9-11,14H,2,5,8,12H2. The van der Waals surface area contributed by atoms with Gasteiger partial charge in [-0.05, 0) is 31.0 Å². The second-order valence-electron chi connectivity index (χ2n) is 6.99. The van der Waals surface area contributed by atoms with Gasteiger partial charge >= 0.3 is 6.18 Å². The number of amides is 1. The number of halogens is 3. The molecule has 0 aliphatic carbocycles. The molecule has 0 N–H and O–H groups in total. The fourth-order valence-electron chi connectivity index (χ4n) is 3.56. The van der Waals surface area contributed by atoms with Gasteiger partial charge in [0, 0.05) is 43.0 Å². The monoisotopic (exact) mass is 402 g/mol. The van der Waals surface area contributed by atoms with Crippen LogP contribution in [0.2, 0.25) is 0 Å². The van der Waals surface area contributed by atoms with Crippen molar-refractivity contribution in [3.8, 4) is 0 Å². The third-order valence-corrected chi connectivity index (χ3v) is 5.01. The fraction of sp³-hybridized carbons (Fsp3) is 0.300. The van der Waals surface area contributed by atoms with Gasteiger partial charge in [-0.1, -0.05) is 12.1 Å². The van der Waals surface area contributed by atoms with Gasteiger partial charge in [0.2, 0.25) is 0 Å². The van der Waals surface area contributed by atoms with Gasteiger partial charge in [-0.2, -0.15) is 18.3 Å². The van der Waals surface area contributed by atoms with Crippen LogP contribution >= 0.6 is 0 Å². The van der Waals surface area contributed by atoms with E-state index in [2.05, 4.69) is 10.1 Å². The molecule has 1 fully saturated rings. The Hall–Kier alpha value is -3.23. The average Bonchev–Trinajstić information content (AvgIpc) is 3.16. The zero-order valence-electron chi connectivity index (χ0n) is 15.3. The first-order valence-corrected chi connectivity index (χ1v) is 9.14. The average molecular weight is 402 g/mol. The number of nitrogens with zero attached hydrogens (tertiary/aromatic N) is 4. The highest BCUT2D eigenvalue weighted by Gasteiger charge is 2.33. The smallest absolute Gasteiger partial charge is 0.337 e. The number of piperidine rings is 1. The van der Waals surface area contributed by atoms with Crippen molar-refractivity contribution in [1.82, 2.24) is 19.5 Å². The van der Waals surface area contributed by atoms with Crippen LogP contribution in [0.15, 0.2) is 48.8 Å². The van der Waals surface area contributed by atoms with Crippen LogP contribution in [0, 0.1) is 5.92 Å². The molecule has 0 radical (unpaired) electrons. The van der Waals surface area contributed by atoms with Gasteiger partial charge in [-0.15, -0.1) is 0 Å². The summed E-state index contributed by atoms with van der Waals surface area (Å²) in [7, 11) is 0. The van der Waals surface area contributed by atoms with E-state index in [9.17, 15) is 22.8 Å². The fourth-order valence-corrected chi connectivity index (χ4v) is 3.56. The Kier molecular flexibility index (Phi) is 4.81. The van der Waals surface area contributed by atoms with E-state index in [4.69, 9.17) is 0 Å². The molecule has 6 nitrogen and oxygen atoms in total. The number of alkyl halides is 3. The molecule has 1 aromatic carbocycles. The molecule has 9 heteroatoms. The number of Topliss-reactive ketones (excluding diaryl/α,β-unsaturated/α-hetero) is 1. The molecule has 29 heavy (non-hydrogen) atoms. The lowest BCUT2D eigenvalue weighted by Gasteiger charge is -2.31. The Bertz CT molecular complexity index is 1040.